The molecule has 110 valence electrons. The van der Waals surface area contributed by atoms with Gasteiger partial charge in [0.25, 0.3) is 5.09 Å². The summed E-state index contributed by atoms with van der Waals surface area (Å²) in [6.45, 7) is 1.24. The van der Waals surface area contributed by atoms with Crippen molar-refractivity contribution in [3.05, 3.63) is 10.1 Å². The van der Waals surface area contributed by atoms with E-state index in [-0.39, 0.29) is 13.0 Å². The fraction of sp³-hybridized carbons (Fsp3) is 0.800. The molecule has 9 heteroatoms. The van der Waals surface area contributed by atoms with E-state index < -0.39 is 29.1 Å². The summed E-state index contributed by atoms with van der Waals surface area (Å²) in [4.78, 5) is 36.0. The highest BCUT2D eigenvalue weighted by atomic mass is 16.9. The highest BCUT2D eigenvalue weighted by Crippen LogP contribution is 2.02. The maximum absolute atomic E-state index is 11.4. The molecule has 0 heterocycles. The number of unbranched alkanes of at least 4 members (excludes halogenated alkanes) is 2. The molecule has 0 aromatic carbocycles. The molecule has 19 heavy (non-hydrogen) atoms. The molecular formula is C10H18N2O7. The Morgan fingerprint density at radius 2 is 2.00 bits per heavy atom. The first-order valence-corrected chi connectivity index (χ1v) is 5.82. The van der Waals surface area contributed by atoms with Gasteiger partial charge in [-0.15, -0.1) is 10.1 Å². The molecular weight excluding hydrogens is 260 g/mol. The summed E-state index contributed by atoms with van der Waals surface area (Å²) >= 11 is 0. The molecule has 0 aliphatic heterocycles. The largest absolute Gasteiger partial charge is 0.480 e. The van der Waals surface area contributed by atoms with E-state index in [1.54, 1.807) is 0 Å². The number of carbonyl (C=O) groups excluding carboxylic acids is 1. The quantitative estimate of drug-likeness (QED) is 0.283. The molecule has 0 aliphatic rings. The van der Waals surface area contributed by atoms with Gasteiger partial charge in [-0.3, -0.25) is 4.79 Å². The van der Waals surface area contributed by atoms with Gasteiger partial charge < -0.3 is 20.4 Å². The first-order valence-electron chi connectivity index (χ1n) is 5.82. The molecule has 0 radical (unpaired) electrons. The van der Waals surface area contributed by atoms with Crippen LogP contribution in [0.25, 0.3) is 0 Å². The molecule has 0 aliphatic carbocycles. The number of hydrogen-bond donors (Lipinski definition) is 3. The highest BCUT2D eigenvalue weighted by molar-refractivity contribution is 5.83. The summed E-state index contributed by atoms with van der Waals surface area (Å²) in [6, 6.07) is -1.33. The van der Waals surface area contributed by atoms with E-state index in [4.69, 9.17) is 10.2 Å². The van der Waals surface area contributed by atoms with Crippen molar-refractivity contribution in [3.8, 4) is 0 Å². The van der Waals surface area contributed by atoms with Crippen LogP contribution in [0.15, 0.2) is 0 Å². The lowest BCUT2D eigenvalue weighted by atomic mass is 10.1. The van der Waals surface area contributed by atoms with E-state index in [1.807, 2.05) is 0 Å². The molecule has 0 spiro atoms. The summed E-state index contributed by atoms with van der Waals surface area (Å²) in [6.07, 6.45) is 0.351. The van der Waals surface area contributed by atoms with E-state index in [2.05, 4.69) is 10.2 Å². The van der Waals surface area contributed by atoms with Crippen molar-refractivity contribution in [3.63, 3.8) is 0 Å². The van der Waals surface area contributed by atoms with Crippen LogP contribution in [0.3, 0.4) is 0 Å². The minimum atomic E-state index is -1.33. The van der Waals surface area contributed by atoms with Gasteiger partial charge in [0.1, 0.15) is 0 Å². The monoisotopic (exact) mass is 278 g/mol. The molecule has 0 saturated heterocycles. The van der Waals surface area contributed by atoms with Crippen LogP contribution in [0.5, 0.6) is 0 Å². The standard InChI is InChI=1S/C10H18N2O7/c1-7(13)9(10(15)16)11-8(14)5-3-2-4-6-19-12(17)18/h7,9,13H,2-6H2,1H3,(H,11,14)(H,15,16). The second kappa shape index (κ2) is 9.09. The Labute approximate surface area is 109 Å². The molecule has 9 nitrogen and oxygen atoms in total. The Kier molecular flexibility index (Phi) is 8.18. The molecule has 3 N–H and O–H groups in total. The average Bonchev–Trinajstić information content (AvgIpc) is 2.29. The van der Waals surface area contributed by atoms with Gasteiger partial charge in [0.15, 0.2) is 6.04 Å². The third-order valence-corrected chi connectivity index (χ3v) is 2.31. The van der Waals surface area contributed by atoms with Gasteiger partial charge in [0.05, 0.1) is 12.7 Å². The molecule has 0 aromatic rings. The van der Waals surface area contributed by atoms with Crippen LogP contribution >= 0.6 is 0 Å². The number of aliphatic hydroxyl groups excluding tert-OH is 1. The van der Waals surface area contributed by atoms with Crippen LogP contribution in [-0.4, -0.2) is 45.9 Å². The Bertz CT molecular complexity index is 319. The molecule has 2 atom stereocenters. The maximum Gasteiger partial charge on any atom is 0.328 e. The van der Waals surface area contributed by atoms with Crippen molar-refractivity contribution < 1.29 is 29.7 Å². The topological polar surface area (TPSA) is 139 Å². The Morgan fingerprint density at radius 1 is 1.37 bits per heavy atom. The molecule has 0 rings (SSSR count). The van der Waals surface area contributed by atoms with Gasteiger partial charge in [-0.25, -0.2) is 4.79 Å². The Hall–Kier alpha value is -1.90. The Morgan fingerprint density at radius 3 is 2.47 bits per heavy atom. The smallest absolute Gasteiger partial charge is 0.328 e. The summed E-state index contributed by atoms with van der Waals surface area (Å²) in [5.74, 6) is -1.79. The zero-order valence-corrected chi connectivity index (χ0v) is 10.6. The normalized spacial score (nSPS) is 13.4. The molecule has 0 aromatic heterocycles. The number of carboxylic acid groups (broad SMARTS) is 1. The summed E-state index contributed by atoms with van der Waals surface area (Å²) in [5.41, 5.74) is 0. The van der Waals surface area contributed by atoms with Crippen LogP contribution in [0.2, 0.25) is 0 Å². The fourth-order valence-electron chi connectivity index (χ4n) is 1.34. The van der Waals surface area contributed by atoms with E-state index in [1.165, 1.54) is 6.92 Å². The summed E-state index contributed by atoms with van der Waals surface area (Å²) in [7, 11) is 0. The van der Waals surface area contributed by atoms with Gasteiger partial charge in [0, 0.05) is 6.42 Å². The van der Waals surface area contributed by atoms with Crippen LogP contribution in [0.4, 0.5) is 0 Å². The second-order valence-electron chi connectivity index (χ2n) is 3.99. The lowest BCUT2D eigenvalue weighted by molar-refractivity contribution is -0.757. The van der Waals surface area contributed by atoms with Crippen LogP contribution < -0.4 is 5.32 Å². The minimum absolute atomic E-state index is 0.0277. The van der Waals surface area contributed by atoms with Gasteiger partial charge in [-0.05, 0) is 19.8 Å². The lowest BCUT2D eigenvalue weighted by Crippen LogP contribution is -2.47. The maximum atomic E-state index is 11.4. The lowest BCUT2D eigenvalue weighted by Gasteiger charge is -2.16. The zero-order chi connectivity index (χ0) is 14.8. The number of carboxylic acids is 1. The number of rotatable bonds is 10. The zero-order valence-electron chi connectivity index (χ0n) is 10.6. The third kappa shape index (κ3) is 8.77. The number of nitrogens with zero attached hydrogens (tertiary/aromatic N) is 1. The van der Waals surface area contributed by atoms with E-state index in [0.717, 1.165) is 0 Å². The predicted octanol–water partition coefficient (Wildman–Crippen LogP) is -0.295. The van der Waals surface area contributed by atoms with Gasteiger partial charge in [-0.2, -0.15) is 0 Å². The number of aliphatic carboxylic acids is 1. The number of amides is 1. The van der Waals surface area contributed by atoms with E-state index in [9.17, 15) is 19.7 Å². The van der Waals surface area contributed by atoms with Crippen molar-refractivity contribution in [2.24, 2.45) is 0 Å². The molecule has 0 bridgehead atoms. The number of nitrogens with one attached hydrogen (secondary N) is 1. The van der Waals surface area contributed by atoms with Crippen molar-refractivity contribution in [2.75, 3.05) is 6.61 Å². The van der Waals surface area contributed by atoms with Crippen LogP contribution in [0.1, 0.15) is 32.6 Å². The highest BCUT2D eigenvalue weighted by Gasteiger charge is 2.24. The summed E-state index contributed by atoms with van der Waals surface area (Å²) < 4.78 is 0. The van der Waals surface area contributed by atoms with Crippen LogP contribution in [-0.2, 0) is 14.4 Å². The molecule has 0 saturated carbocycles. The van der Waals surface area contributed by atoms with Crippen molar-refractivity contribution in [1.82, 2.24) is 5.32 Å². The molecule has 0 fully saturated rings. The van der Waals surface area contributed by atoms with Crippen molar-refractivity contribution in [2.45, 2.75) is 44.8 Å². The van der Waals surface area contributed by atoms with Gasteiger partial charge in [-0.1, -0.05) is 6.42 Å². The van der Waals surface area contributed by atoms with E-state index >= 15 is 0 Å². The number of hydrogen-bond acceptors (Lipinski definition) is 6. The number of carbonyl (C=O) groups is 2. The van der Waals surface area contributed by atoms with Gasteiger partial charge in [0.2, 0.25) is 5.91 Å². The predicted molar refractivity (Wildman–Crippen MR) is 62.7 cm³/mol. The fourth-order valence-corrected chi connectivity index (χ4v) is 1.34. The molecule has 2 unspecified atom stereocenters. The van der Waals surface area contributed by atoms with E-state index in [0.29, 0.717) is 19.3 Å². The van der Waals surface area contributed by atoms with Crippen molar-refractivity contribution in [1.29, 1.82) is 0 Å². The number of aliphatic hydroxyl groups is 1. The molecule has 1 amide bonds. The summed E-state index contributed by atoms with van der Waals surface area (Å²) in [5, 5.41) is 29.0. The van der Waals surface area contributed by atoms with Crippen molar-refractivity contribution >= 4 is 11.9 Å². The second-order valence-corrected chi connectivity index (χ2v) is 3.99. The third-order valence-electron chi connectivity index (χ3n) is 2.31. The first-order chi connectivity index (χ1) is 8.84. The average molecular weight is 278 g/mol. The van der Waals surface area contributed by atoms with Crippen LogP contribution in [0, 0.1) is 10.1 Å². The Balaban J connectivity index is 3.74. The minimum Gasteiger partial charge on any atom is -0.480 e. The van der Waals surface area contributed by atoms with Gasteiger partial charge >= 0.3 is 5.97 Å². The first kappa shape index (κ1) is 17.1. The SMILES string of the molecule is CC(O)C(NC(=O)CCCCCO[N+](=O)[O-])C(=O)O.